The molecule has 8 heteroatoms. The van der Waals surface area contributed by atoms with Crippen LogP contribution in [0.2, 0.25) is 0 Å². The summed E-state index contributed by atoms with van der Waals surface area (Å²) in [5.41, 5.74) is -0.00719. The Bertz CT molecular complexity index is 1300. The monoisotopic (exact) mass is 463 g/mol. The maximum atomic E-state index is 15.0. The van der Waals surface area contributed by atoms with Crippen molar-refractivity contribution in [1.82, 2.24) is 5.06 Å². The van der Waals surface area contributed by atoms with Gasteiger partial charge in [0.05, 0.1) is 11.1 Å². The van der Waals surface area contributed by atoms with Gasteiger partial charge in [0.15, 0.2) is 18.8 Å². The molecule has 5 rings (SSSR count). The fraction of sp³-hybridized carbons (Fsp3) is 0.200. The molecule has 2 aliphatic rings. The summed E-state index contributed by atoms with van der Waals surface area (Å²) in [6, 6.07) is 22.2. The predicted octanol–water partition coefficient (Wildman–Crippen LogP) is 4.68. The van der Waals surface area contributed by atoms with Crippen molar-refractivity contribution in [3.05, 3.63) is 95.6 Å². The van der Waals surface area contributed by atoms with Gasteiger partial charge in [0.25, 0.3) is 0 Å². The fourth-order valence-electron chi connectivity index (χ4n) is 4.69. The minimum atomic E-state index is -3.28. The summed E-state index contributed by atoms with van der Waals surface area (Å²) in [5.74, 6) is -2.18. The Balaban J connectivity index is 1.60. The molecule has 1 saturated heterocycles. The quantitative estimate of drug-likeness (QED) is 0.527. The molecule has 0 aliphatic carbocycles. The highest BCUT2D eigenvalue weighted by molar-refractivity contribution is 7.80. The maximum absolute atomic E-state index is 15.0. The summed E-state index contributed by atoms with van der Waals surface area (Å²) in [5, 5.41) is 11.5. The third-order valence-electron chi connectivity index (χ3n) is 6.40. The van der Waals surface area contributed by atoms with Crippen LogP contribution < -0.4 is 10.6 Å². The lowest BCUT2D eigenvalue weighted by molar-refractivity contribution is -0.102. The van der Waals surface area contributed by atoms with Crippen molar-refractivity contribution >= 4 is 23.6 Å². The van der Waals surface area contributed by atoms with E-state index in [4.69, 9.17) is 4.84 Å². The van der Waals surface area contributed by atoms with Crippen molar-refractivity contribution < 1.29 is 18.2 Å². The zero-order chi connectivity index (χ0) is 23.2. The summed E-state index contributed by atoms with van der Waals surface area (Å²) in [6.45, 7) is 1.89. The highest BCUT2D eigenvalue weighted by Crippen LogP contribution is 2.63. The van der Waals surface area contributed by atoms with Gasteiger partial charge in [0, 0.05) is 10.6 Å². The number of hydrogen-bond acceptors (Lipinski definition) is 5. The average Bonchev–Trinajstić information content (AvgIpc) is 3.42. The minimum Gasteiger partial charge on any atom is -0.382 e. The van der Waals surface area contributed by atoms with Gasteiger partial charge in [-0.1, -0.05) is 60.7 Å². The molecular weight excluding hydrogens is 443 g/mol. The first-order valence-electron chi connectivity index (χ1n) is 10.5. The van der Waals surface area contributed by atoms with Gasteiger partial charge in [-0.05, 0) is 31.9 Å². The minimum absolute atomic E-state index is 0.0223. The van der Waals surface area contributed by atoms with Gasteiger partial charge in [0.2, 0.25) is 5.90 Å². The Hall–Kier alpha value is -3.33. The topological polar surface area (TPSA) is 65.7 Å². The molecule has 3 aromatic carbocycles. The molecule has 0 N–H and O–H groups in total. The van der Waals surface area contributed by atoms with Crippen molar-refractivity contribution in [2.75, 3.05) is 0 Å². The van der Waals surface area contributed by atoms with Crippen molar-refractivity contribution in [1.29, 1.82) is 5.26 Å². The van der Waals surface area contributed by atoms with Crippen molar-refractivity contribution in [3.63, 3.8) is 0 Å². The molecule has 2 unspecified atom stereocenters. The van der Waals surface area contributed by atoms with Gasteiger partial charge >= 0.3 is 0 Å². The van der Waals surface area contributed by atoms with E-state index in [0.717, 1.165) is 12.1 Å². The van der Waals surface area contributed by atoms with Gasteiger partial charge in [-0.2, -0.15) is 5.26 Å². The van der Waals surface area contributed by atoms with E-state index in [2.05, 4.69) is 4.99 Å². The van der Waals surface area contributed by atoms with E-state index in [9.17, 15) is 14.0 Å². The number of rotatable bonds is 4. The van der Waals surface area contributed by atoms with Crippen LogP contribution in [-0.2, 0) is 9.40 Å². The van der Waals surface area contributed by atoms with Crippen LogP contribution in [-0.4, -0.2) is 22.4 Å². The van der Waals surface area contributed by atoms with E-state index < -0.39 is 30.2 Å². The Morgan fingerprint density at radius 2 is 1.64 bits per heavy atom. The molecule has 0 bridgehead atoms. The lowest BCUT2D eigenvalue weighted by Crippen LogP contribution is -2.47. The second kappa shape index (κ2) is 7.91. The lowest BCUT2D eigenvalue weighted by Gasteiger charge is -2.40. The highest BCUT2D eigenvalue weighted by atomic mass is 31.2. The predicted molar refractivity (Wildman–Crippen MR) is 122 cm³/mol. The molecule has 0 saturated carbocycles. The molecule has 0 amide bonds. The van der Waals surface area contributed by atoms with Crippen molar-refractivity contribution in [2.45, 2.75) is 31.2 Å². The van der Waals surface area contributed by atoms with E-state index in [1.807, 2.05) is 73.7 Å². The molecule has 0 spiro atoms. The van der Waals surface area contributed by atoms with Crippen LogP contribution in [0.3, 0.4) is 0 Å². The van der Waals surface area contributed by atoms with Gasteiger partial charge in [0.1, 0.15) is 17.5 Å². The largest absolute Gasteiger partial charge is 0.382 e. The van der Waals surface area contributed by atoms with E-state index in [-0.39, 0.29) is 17.0 Å². The summed E-state index contributed by atoms with van der Waals surface area (Å²) in [6.07, 6.45) is 0.665. The third kappa shape index (κ3) is 3.21. The number of hydroxylamine groups is 2. The summed E-state index contributed by atoms with van der Waals surface area (Å²) in [7, 11) is -3.28. The summed E-state index contributed by atoms with van der Waals surface area (Å²) < 4.78 is 42.6. The number of nitrogens with zero attached hydrogens (tertiary/aromatic N) is 3. The van der Waals surface area contributed by atoms with Crippen LogP contribution >= 0.6 is 7.14 Å². The molecule has 5 nitrogen and oxygen atoms in total. The SMILES string of the molecule is CC1(P(=O)(c2ccccc2)c2ccccc2)CCC2N=C(c3cc(F)c(F)cc3C#N)ON21. The zero-order valence-corrected chi connectivity index (χ0v) is 18.7. The van der Waals surface area contributed by atoms with Crippen LogP contribution in [0.25, 0.3) is 0 Å². The molecule has 2 aliphatic heterocycles. The van der Waals surface area contributed by atoms with Crippen LogP contribution in [0.1, 0.15) is 30.9 Å². The standard InChI is InChI=1S/C25H20F2N3O2P/c1-25(33(31,18-8-4-2-5-9-18)19-10-6-3-7-11-19)13-12-23-29-24(32-30(23)25)20-15-22(27)21(26)14-17(20)16-28/h2-11,14-15,23H,12-13H2,1H3. The molecule has 2 heterocycles. The number of halogens is 2. The van der Waals surface area contributed by atoms with E-state index >= 15 is 4.57 Å². The van der Waals surface area contributed by atoms with Gasteiger partial charge < -0.3 is 9.40 Å². The third-order valence-corrected chi connectivity index (χ3v) is 10.2. The average molecular weight is 463 g/mol. The highest BCUT2D eigenvalue weighted by Gasteiger charge is 2.60. The first-order valence-corrected chi connectivity index (χ1v) is 12.2. The van der Waals surface area contributed by atoms with E-state index in [0.29, 0.717) is 23.5 Å². The molecule has 1 fully saturated rings. The smallest absolute Gasteiger partial charge is 0.244 e. The Labute approximate surface area is 190 Å². The van der Waals surface area contributed by atoms with Gasteiger partial charge in [-0.3, -0.25) is 0 Å². The Morgan fingerprint density at radius 3 is 2.21 bits per heavy atom. The number of benzene rings is 3. The second-order valence-corrected chi connectivity index (χ2v) is 11.5. The normalized spacial score (nSPS) is 22.4. The molecule has 33 heavy (non-hydrogen) atoms. The van der Waals surface area contributed by atoms with Crippen molar-refractivity contribution in [2.24, 2.45) is 4.99 Å². The van der Waals surface area contributed by atoms with Crippen LogP contribution in [0.15, 0.2) is 77.8 Å². The molecule has 0 aromatic heterocycles. The fourth-order valence-corrected chi connectivity index (χ4v) is 8.18. The number of nitriles is 1. The molecular formula is C25H20F2N3O2P. The van der Waals surface area contributed by atoms with E-state index in [1.54, 1.807) is 5.06 Å². The zero-order valence-electron chi connectivity index (χ0n) is 17.8. The molecule has 2 atom stereocenters. The van der Waals surface area contributed by atoms with E-state index in [1.165, 1.54) is 0 Å². The summed E-state index contributed by atoms with van der Waals surface area (Å²) >= 11 is 0. The van der Waals surface area contributed by atoms with Crippen molar-refractivity contribution in [3.8, 4) is 6.07 Å². The number of fused-ring (bicyclic) bond motifs is 1. The number of hydrogen-bond donors (Lipinski definition) is 0. The van der Waals surface area contributed by atoms with Crippen LogP contribution in [0.4, 0.5) is 8.78 Å². The Morgan fingerprint density at radius 1 is 1.06 bits per heavy atom. The first-order chi connectivity index (χ1) is 15.9. The summed E-state index contributed by atoms with van der Waals surface area (Å²) in [4.78, 5) is 10.6. The van der Waals surface area contributed by atoms with Crippen LogP contribution in [0.5, 0.6) is 0 Å². The first kappa shape index (κ1) is 21.5. The lowest BCUT2D eigenvalue weighted by atomic mass is 10.1. The maximum Gasteiger partial charge on any atom is 0.244 e. The molecule has 3 aromatic rings. The second-order valence-electron chi connectivity index (χ2n) is 8.29. The van der Waals surface area contributed by atoms with Crippen LogP contribution in [0, 0.1) is 23.0 Å². The Kier molecular flexibility index (Phi) is 5.16. The van der Waals surface area contributed by atoms with Gasteiger partial charge in [-0.25, -0.2) is 13.8 Å². The molecule has 0 radical (unpaired) electrons. The number of aliphatic imine (C=N–C) groups is 1. The van der Waals surface area contributed by atoms with Gasteiger partial charge in [-0.15, -0.1) is 5.06 Å². The molecule has 166 valence electrons.